The molecule has 0 aliphatic rings. The molecule has 56 heavy (non-hydrogen) atoms. The second-order valence-corrected chi connectivity index (χ2v) is 14.1. The maximum atomic E-state index is 5.17. The van der Waals surface area contributed by atoms with Crippen molar-refractivity contribution in [3.8, 4) is 56.7 Å². The van der Waals surface area contributed by atoms with Crippen LogP contribution in [0.25, 0.3) is 100 Å². The molecule has 5 heteroatoms. The highest BCUT2D eigenvalue weighted by Gasteiger charge is 2.21. The smallest absolute Gasteiger partial charge is 0.164 e. The van der Waals surface area contributed by atoms with Crippen LogP contribution in [0.5, 0.6) is 0 Å². The van der Waals surface area contributed by atoms with Crippen LogP contribution in [-0.4, -0.2) is 24.1 Å². The second-order valence-electron chi connectivity index (χ2n) is 14.1. The van der Waals surface area contributed by atoms with Gasteiger partial charge in [0.1, 0.15) is 0 Å². The normalized spacial score (nSPS) is 11.6. The van der Waals surface area contributed by atoms with Gasteiger partial charge in [0.15, 0.2) is 17.5 Å². The van der Waals surface area contributed by atoms with E-state index in [-0.39, 0.29) is 0 Å². The first-order chi connectivity index (χ1) is 27.8. The Morgan fingerprint density at radius 1 is 0.286 bits per heavy atom. The van der Waals surface area contributed by atoms with Gasteiger partial charge in [0.25, 0.3) is 0 Å². The fourth-order valence-corrected chi connectivity index (χ4v) is 8.21. The maximum absolute atomic E-state index is 5.17. The molecule has 0 atom stereocenters. The Labute approximate surface area is 323 Å². The molecular formula is C51H33N5. The molecule has 0 bridgehead atoms. The summed E-state index contributed by atoms with van der Waals surface area (Å²) < 4.78 is 4.79. The minimum Gasteiger partial charge on any atom is -0.309 e. The molecule has 11 rings (SSSR count). The van der Waals surface area contributed by atoms with Crippen LogP contribution in [0.4, 0.5) is 0 Å². The standard InChI is InChI=1S/C51H33N5/c1-4-15-34(16-5-1)35-27-29-37(30-28-35)50-52-49(36-17-6-2-7-18-36)53-51(54-50)38-31-32-45-42(33-38)48-46(55(45)39-19-8-3-9-20-39)25-14-26-47(48)56-43-23-12-10-21-40(43)41-22-11-13-24-44(41)56/h1-33H. The van der Waals surface area contributed by atoms with Crippen LogP contribution in [0, 0.1) is 0 Å². The summed E-state index contributed by atoms with van der Waals surface area (Å²) in [6, 6.07) is 70.3. The molecule has 0 aliphatic heterocycles. The lowest BCUT2D eigenvalue weighted by Gasteiger charge is -2.11. The van der Waals surface area contributed by atoms with Crippen molar-refractivity contribution in [2.24, 2.45) is 0 Å². The molecule has 0 N–H and O–H groups in total. The van der Waals surface area contributed by atoms with E-state index in [1.165, 1.54) is 27.4 Å². The average Bonchev–Trinajstić information content (AvgIpc) is 3.80. The third-order valence-corrected chi connectivity index (χ3v) is 10.8. The van der Waals surface area contributed by atoms with Gasteiger partial charge in [-0.25, -0.2) is 15.0 Å². The Bertz CT molecular complexity index is 3170. The van der Waals surface area contributed by atoms with Crippen LogP contribution < -0.4 is 0 Å². The lowest BCUT2D eigenvalue weighted by atomic mass is 10.0. The minimum absolute atomic E-state index is 0.623. The Kier molecular flexibility index (Phi) is 7.42. The SMILES string of the molecule is c1ccc(-c2ccc(-c3nc(-c4ccccc4)nc(-c4ccc5c(c4)c4c(-n6c7ccccc7c7ccccc76)cccc4n5-c4ccccc4)n3)cc2)cc1. The average molecular weight is 716 g/mol. The molecule has 262 valence electrons. The van der Waals surface area contributed by atoms with Gasteiger partial charge in [0, 0.05) is 43.9 Å². The summed E-state index contributed by atoms with van der Waals surface area (Å²) in [6.45, 7) is 0. The monoisotopic (exact) mass is 715 g/mol. The summed E-state index contributed by atoms with van der Waals surface area (Å²) in [5.41, 5.74) is 11.9. The molecule has 3 heterocycles. The minimum atomic E-state index is 0.623. The largest absolute Gasteiger partial charge is 0.309 e. The van der Waals surface area contributed by atoms with Crippen molar-refractivity contribution in [1.29, 1.82) is 0 Å². The van der Waals surface area contributed by atoms with Crippen LogP contribution in [0.3, 0.4) is 0 Å². The van der Waals surface area contributed by atoms with Crippen LogP contribution >= 0.6 is 0 Å². The van der Waals surface area contributed by atoms with E-state index < -0.39 is 0 Å². The van der Waals surface area contributed by atoms with Gasteiger partial charge >= 0.3 is 0 Å². The Balaban J connectivity index is 1.16. The summed E-state index contributed by atoms with van der Waals surface area (Å²) >= 11 is 0. The van der Waals surface area contributed by atoms with Gasteiger partial charge in [-0.3, -0.25) is 0 Å². The van der Waals surface area contributed by atoms with Gasteiger partial charge in [-0.2, -0.15) is 0 Å². The molecule has 0 amide bonds. The summed E-state index contributed by atoms with van der Waals surface area (Å²) in [4.78, 5) is 15.3. The molecule has 11 aromatic rings. The van der Waals surface area contributed by atoms with E-state index in [1.54, 1.807) is 0 Å². The van der Waals surface area contributed by atoms with Gasteiger partial charge in [0.2, 0.25) is 0 Å². The molecule has 0 aliphatic carbocycles. The topological polar surface area (TPSA) is 48.5 Å². The van der Waals surface area contributed by atoms with Crippen molar-refractivity contribution in [1.82, 2.24) is 24.1 Å². The van der Waals surface area contributed by atoms with Crippen LogP contribution in [-0.2, 0) is 0 Å². The van der Waals surface area contributed by atoms with Crippen molar-refractivity contribution in [2.75, 3.05) is 0 Å². The number of hydrogen-bond acceptors (Lipinski definition) is 3. The van der Waals surface area contributed by atoms with E-state index in [9.17, 15) is 0 Å². The molecular weight excluding hydrogens is 683 g/mol. The van der Waals surface area contributed by atoms with Crippen LogP contribution in [0.1, 0.15) is 0 Å². The summed E-state index contributed by atoms with van der Waals surface area (Å²) in [5, 5.41) is 4.74. The lowest BCUT2D eigenvalue weighted by molar-refractivity contribution is 1.07. The highest BCUT2D eigenvalue weighted by molar-refractivity contribution is 6.17. The molecule has 5 nitrogen and oxygen atoms in total. The zero-order chi connectivity index (χ0) is 37.0. The highest BCUT2D eigenvalue weighted by atomic mass is 15.0. The fraction of sp³-hybridized carbons (Fsp3) is 0. The fourth-order valence-electron chi connectivity index (χ4n) is 8.21. The van der Waals surface area contributed by atoms with Gasteiger partial charge < -0.3 is 9.13 Å². The van der Waals surface area contributed by atoms with Gasteiger partial charge in [0.05, 0.1) is 27.8 Å². The molecule has 0 saturated carbocycles. The van der Waals surface area contributed by atoms with Crippen molar-refractivity contribution in [2.45, 2.75) is 0 Å². The Hall–Kier alpha value is -7.63. The lowest BCUT2D eigenvalue weighted by Crippen LogP contribution is -2.00. The van der Waals surface area contributed by atoms with Crippen molar-refractivity contribution in [3.63, 3.8) is 0 Å². The van der Waals surface area contributed by atoms with Gasteiger partial charge in [-0.15, -0.1) is 0 Å². The number of rotatable bonds is 6. The zero-order valence-corrected chi connectivity index (χ0v) is 30.3. The highest BCUT2D eigenvalue weighted by Crippen LogP contribution is 2.41. The van der Waals surface area contributed by atoms with E-state index in [1.807, 2.05) is 24.3 Å². The molecule has 3 aromatic heterocycles. The maximum Gasteiger partial charge on any atom is 0.164 e. The zero-order valence-electron chi connectivity index (χ0n) is 30.3. The molecule has 0 spiro atoms. The van der Waals surface area contributed by atoms with Crippen molar-refractivity contribution in [3.05, 3.63) is 200 Å². The summed E-state index contributed by atoms with van der Waals surface area (Å²) in [6.07, 6.45) is 0. The van der Waals surface area contributed by atoms with E-state index in [4.69, 9.17) is 15.0 Å². The number of benzene rings is 8. The van der Waals surface area contributed by atoms with E-state index >= 15 is 0 Å². The van der Waals surface area contributed by atoms with Gasteiger partial charge in [-0.1, -0.05) is 146 Å². The first-order valence-corrected chi connectivity index (χ1v) is 18.9. The van der Waals surface area contributed by atoms with Crippen molar-refractivity contribution < 1.29 is 0 Å². The predicted molar refractivity (Wildman–Crippen MR) is 230 cm³/mol. The number of para-hydroxylation sites is 3. The van der Waals surface area contributed by atoms with E-state index in [0.717, 1.165) is 55.4 Å². The van der Waals surface area contributed by atoms with E-state index in [2.05, 4.69) is 185 Å². The molecule has 8 aromatic carbocycles. The Morgan fingerprint density at radius 3 is 1.38 bits per heavy atom. The quantitative estimate of drug-likeness (QED) is 0.172. The van der Waals surface area contributed by atoms with Crippen LogP contribution in [0.2, 0.25) is 0 Å². The third-order valence-electron chi connectivity index (χ3n) is 10.8. The second kappa shape index (κ2) is 13.0. The summed E-state index contributed by atoms with van der Waals surface area (Å²) in [5.74, 6) is 1.89. The first kappa shape index (κ1) is 31.9. The number of nitrogens with zero attached hydrogens (tertiary/aromatic N) is 5. The van der Waals surface area contributed by atoms with E-state index in [0.29, 0.717) is 17.5 Å². The summed E-state index contributed by atoms with van der Waals surface area (Å²) in [7, 11) is 0. The molecule has 0 fully saturated rings. The number of aromatic nitrogens is 5. The molecule has 0 saturated heterocycles. The number of fused-ring (bicyclic) bond motifs is 6. The predicted octanol–water partition coefficient (Wildman–Crippen LogP) is 12.7. The molecule has 0 unspecified atom stereocenters. The van der Waals surface area contributed by atoms with Crippen molar-refractivity contribution >= 4 is 43.6 Å². The van der Waals surface area contributed by atoms with Crippen LogP contribution in [0.15, 0.2) is 200 Å². The number of hydrogen-bond donors (Lipinski definition) is 0. The third kappa shape index (κ3) is 5.21. The van der Waals surface area contributed by atoms with Gasteiger partial charge in [-0.05, 0) is 65.7 Å². The molecule has 0 radical (unpaired) electrons. The first-order valence-electron chi connectivity index (χ1n) is 18.9. The Morgan fingerprint density at radius 2 is 0.732 bits per heavy atom.